The van der Waals surface area contributed by atoms with E-state index >= 15 is 0 Å². The lowest BCUT2D eigenvalue weighted by molar-refractivity contribution is 0.0892. The number of benzene rings is 2. The lowest BCUT2D eigenvalue weighted by Gasteiger charge is -2.45. The number of nitriles is 1. The van der Waals surface area contributed by atoms with Crippen LogP contribution >= 0.6 is 0 Å². The smallest absolute Gasteiger partial charge is 0.125 e. The van der Waals surface area contributed by atoms with Crippen molar-refractivity contribution < 1.29 is 4.74 Å². The van der Waals surface area contributed by atoms with Crippen LogP contribution in [0.2, 0.25) is 0 Å². The largest absolute Gasteiger partial charge is 0.491 e. The lowest BCUT2D eigenvalue weighted by Crippen LogP contribution is -2.58. The maximum Gasteiger partial charge on any atom is 0.125 e. The first-order chi connectivity index (χ1) is 17.1. The zero-order chi connectivity index (χ0) is 23.9. The predicted molar refractivity (Wildman–Crippen MR) is 139 cm³/mol. The van der Waals surface area contributed by atoms with Crippen LogP contribution in [0.25, 0.3) is 10.9 Å². The molecule has 7 nitrogen and oxygen atoms in total. The average Bonchev–Trinajstić information content (AvgIpc) is 3.08. The number of hydrogen-bond acceptors (Lipinski definition) is 7. The second-order valence-corrected chi connectivity index (χ2v) is 10.2. The third-order valence-corrected chi connectivity index (χ3v) is 7.90. The van der Waals surface area contributed by atoms with Gasteiger partial charge in [-0.1, -0.05) is 6.07 Å². The first-order valence-electron chi connectivity index (χ1n) is 12.7. The minimum atomic E-state index is 0.282. The summed E-state index contributed by atoms with van der Waals surface area (Å²) in [5.41, 5.74) is 11.1. The standard InChI is InChI=1S/C28H32N6O/c1-19-15-33(26-7-5-20(14-29)28-25(26)3-2-10-31-28)17-24-18-35-27-13-23(6-4-21(27)16-34(19)24)32-11-8-22(30)9-12-32/h2-7,10,13,19,22,24H,8-9,11-12,15-18,30H2,1H3. The third-order valence-electron chi connectivity index (χ3n) is 7.90. The molecule has 3 aliphatic rings. The van der Waals surface area contributed by atoms with Crippen molar-refractivity contribution in [1.82, 2.24) is 9.88 Å². The minimum Gasteiger partial charge on any atom is -0.491 e. The van der Waals surface area contributed by atoms with E-state index in [1.165, 1.54) is 11.3 Å². The Bertz CT molecular complexity index is 1280. The number of nitrogens with two attached hydrogens (primary N) is 1. The molecule has 0 radical (unpaired) electrons. The molecule has 0 spiro atoms. The molecule has 0 aliphatic carbocycles. The van der Waals surface area contributed by atoms with Crippen LogP contribution in [0.15, 0.2) is 48.7 Å². The van der Waals surface area contributed by atoms with Gasteiger partial charge in [0.05, 0.1) is 17.1 Å². The van der Waals surface area contributed by atoms with E-state index in [2.05, 4.69) is 63.0 Å². The zero-order valence-electron chi connectivity index (χ0n) is 20.2. The van der Waals surface area contributed by atoms with Gasteiger partial charge in [-0.3, -0.25) is 9.88 Å². The summed E-state index contributed by atoms with van der Waals surface area (Å²) >= 11 is 0. The van der Waals surface area contributed by atoms with Crippen LogP contribution in [0.5, 0.6) is 5.75 Å². The van der Waals surface area contributed by atoms with Crippen molar-refractivity contribution in [2.45, 2.75) is 44.4 Å². The fourth-order valence-corrected chi connectivity index (χ4v) is 5.92. The van der Waals surface area contributed by atoms with Gasteiger partial charge in [0.1, 0.15) is 18.4 Å². The highest BCUT2D eigenvalue weighted by Gasteiger charge is 2.36. The van der Waals surface area contributed by atoms with E-state index in [-0.39, 0.29) is 6.04 Å². The van der Waals surface area contributed by atoms with Gasteiger partial charge in [0, 0.05) is 79.4 Å². The van der Waals surface area contributed by atoms with Gasteiger partial charge < -0.3 is 20.3 Å². The van der Waals surface area contributed by atoms with Crippen LogP contribution in [0.3, 0.4) is 0 Å². The van der Waals surface area contributed by atoms with Gasteiger partial charge in [0.25, 0.3) is 0 Å². The maximum absolute atomic E-state index is 9.53. The third kappa shape index (κ3) is 4.07. The quantitative estimate of drug-likeness (QED) is 0.616. The molecule has 180 valence electrons. The number of fused-ring (bicyclic) bond motifs is 3. The molecule has 7 heteroatoms. The number of anilines is 2. The fraction of sp³-hybridized carbons (Fsp3) is 0.429. The number of hydrogen-bond donors (Lipinski definition) is 1. The first kappa shape index (κ1) is 22.1. The van der Waals surface area contributed by atoms with Gasteiger partial charge >= 0.3 is 0 Å². The van der Waals surface area contributed by atoms with Gasteiger partial charge in [0.2, 0.25) is 0 Å². The number of pyridine rings is 1. The van der Waals surface area contributed by atoms with Crippen molar-refractivity contribution in [3.05, 3.63) is 59.8 Å². The molecule has 2 atom stereocenters. The summed E-state index contributed by atoms with van der Waals surface area (Å²) in [6, 6.07) is 18.0. The summed E-state index contributed by atoms with van der Waals surface area (Å²) < 4.78 is 6.45. The van der Waals surface area contributed by atoms with E-state index in [0.29, 0.717) is 24.3 Å². The first-order valence-corrected chi connectivity index (χ1v) is 12.7. The van der Waals surface area contributed by atoms with Crippen LogP contribution in [0.1, 0.15) is 30.9 Å². The van der Waals surface area contributed by atoms with Crippen LogP contribution < -0.4 is 20.3 Å². The highest BCUT2D eigenvalue weighted by Crippen LogP contribution is 2.35. The highest BCUT2D eigenvalue weighted by atomic mass is 16.5. The molecule has 2 fully saturated rings. The summed E-state index contributed by atoms with van der Waals surface area (Å²) in [6.07, 6.45) is 3.85. The molecule has 2 unspecified atom stereocenters. The molecule has 0 saturated carbocycles. The predicted octanol–water partition coefficient (Wildman–Crippen LogP) is 3.51. The van der Waals surface area contributed by atoms with Gasteiger partial charge in [-0.2, -0.15) is 5.26 Å². The summed E-state index contributed by atoms with van der Waals surface area (Å²) in [5, 5.41) is 10.6. The van der Waals surface area contributed by atoms with Crippen molar-refractivity contribution in [1.29, 1.82) is 5.26 Å². The van der Waals surface area contributed by atoms with E-state index in [4.69, 9.17) is 10.5 Å². The number of piperidine rings is 1. The molecule has 2 N–H and O–H groups in total. The molecule has 3 aromatic rings. The Morgan fingerprint density at radius 3 is 2.77 bits per heavy atom. The van der Waals surface area contributed by atoms with E-state index in [0.717, 1.165) is 67.9 Å². The van der Waals surface area contributed by atoms with Gasteiger partial charge in [-0.15, -0.1) is 0 Å². The van der Waals surface area contributed by atoms with Gasteiger partial charge in [0.15, 0.2) is 0 Å². The topological polar surface area (TPSA) is 81.7 Å². The maximum atomic E-state index is 9.53. The van der Waals surface area contributed by atoms with Crippen molar-refractivity contribution >= 4 is 22.3 Å². The van der Waals surface area contributed by atoms with Gasteiger partial charge in [-0.05, 0) is 50.1 Å². The Labute approximate surface area is 206 Å². The van der Waals surface area contributed by atoms with Crippen molar-refractivity contribution in [2.75, 3.05) is 42.6 Å². The SMILES string of the molecule is CC1CN(c2ccc(C#N)c3ncccc23)CC2COc3cc(N4CCC(N)CC4)ccc3CN12. The highest BCUT2D eigenvalue weighted by molar-refractivity contribution is 5.95. The van der Waals surface area contributed by atoms with E-state index in [1.54, 1.807) is 6.20 Å². The Hall–Kier alpha value is -3.34. The number of nitrogens with zero attached hydrogens (tertiary/aromatic N) is 5. The summed E-state index contributed by atoms with van der Waals surface area (Å²) in [5.74, 6) is 1.01. The molecule has 2 aromatic carbocycles. The molecule has 3 aliphatic heterocycles. The van der Waals surface area contributed by atoms with E-state index < -0.39 is 0 Å². The molecule has 1 aromatic heterocycles. The summed E-state index contributed by atoms with van der Waals surface area (Å²) in [4.78, 5) is 12.0. The second kappa shape index (κ2) is 9.03. The summed E-state index contributed by atoms with van der Waals surface area (Å²) in [7, 11) is 0. The van der Waals surface area contributed by atoms with Crippen LogP contribution in [-0.2, 0) is 6.54 Å². The van der Waals surface area contributed by atoms with Crippen LogP contribution in [0.4, 0.5) is 11.4 Å². The molecule has 0 bridgehead atoms. The Morgan fingerprint density at radius 2 is 1.94 bits per heavy atom. The number of ether oxygens (including phenoxy) is 1. The molecule has 4 heterocycles. The zero-order valence-corrected chi connectivity index (χ0v) is 20.2. The number of aromatic nitrogens is 1. The number of rotatable bonds is 2. The second-order valence-electron chi connectivity index (χ2n) is 10.2. The monoisotopic (exact) mass is 468 g/mol. The fourth-order valence-electron chi connectivity index (χ4n) is 5.92. The number of piperazine rings is 1. The Balaban J connectivity index is 1.25. The molecule has 0 amide bonds. The summed E-state index contributed by atoms with van der Waals surface area (Å²) in [6.45, 7) is 7.69. The minimum absolute atomic E-state index is 0.282. The Morgan fingerprint density at radius 1 is 1.09 bits per heavy atom. The van der Waals surface area contributed by atoms with Crippen molar-refractivity contribution in [2.24, 2.45) is 5.73 Å². The molecule has 35 heavy (non-hydrogen) atoms. The molecule has 6 rings (SSSR count). The Kier molecular flexibility index (Phi) is 5.71. The van der Waals surface area contributed by atoms with Crippen LogP contribution in [-0.4, -0.2) is 60.8 Å². The molecule has 2 saturated heterocycles. The van der Waals surface area contributed by atoms with E-state index in [9.17, 15) is 5.26 Å². The molecular weight excluding hydrogens is 436 g/mol. The lowest BCUT2D eigenvalue weighted by atomic mass is 10.0. The normalized spacial score (nSPS) is 23.2. The van der Waals surface area contributed by atoms with Crippen LogP contribution in [0, 0.1) is 11.3 Å². The van der Waals surface area contributed by atoms with Crippen molar-refractivity contribution in [3.63, 3.8) is 0 Å². The molecular formula is C28H32N6O. The van der Waals surface area contributed by atoms with E-state index in [1.807, 2.05) is 12.1 Å². The van der Waals surface area contributed by atoms with Crippen molar-refractivity contribution in [3.8, 4) is 11.8 Å². The van der Waals surface area contributed by atoms with Gasteiger partial charge in [-0.25, -0.2) is 0 Å². The average molecular weight is 469 g/mol.